The highest BCUT2D eigenvalue weighted by molar-refractivity contribution is 7.81. The van der Waals surface area contributed by atoms with Crippen LogP contribution < -0.4 is 0 Å². The van der Waals surface area contributed by atoms with Crippen molar-refractivity contribution >= 4 is 24.5 Å². The fourth-order valence-corrected chi connectivity index (χ4v) is 3.83. The Kier molecular flexibility index (Phi) is 4.96. The first-order chi connectivity index (χ1) is 12.6. The second-order valence-electron chi connectivity index (χ2n) is 7.02. The van der Waals surface area contributed by atoms with Crippen LogP contribution in [0.4, 0.5) is 4.39 Å². The van der Waals surface area contributed by atoms with Gasteiger partial charge in [-0.25, -0.2) is 4.39 Å². The van der Waals surface area contributed by atoms with E-state index in [4.69, 9.17) is 4.52 Å². The number of hydrogen-bond acceptors (Lipinski definition) is 5. The van der Waals surface area contributed by atoms with Gasteiger partial charge in [0, 0.05) is 35.9 Å². The number of piperidine rings is 1. The van der Waals surface area contributed by atoms with Crippen LogP contribution in [-0.2, 0) is 4.79 Å². The first-order valence-corrected chi connectivity index (χ1v) is 9.46. The Hall–Kier alpha value is -1.92. The highest BCUT2D eigenvalue weighted by Gasteiger charge is 2.40. The van der Waals surface area contributed by atoms with Crippen molar-refractivity contribution in [2.45, 2.75) is 30.6 Å². The molecule has 1 aromatic carbocycles. The quantitative estimate of drug-likeness (QED) is 0.808. The molecule has 2 heterocycles. The minimum atomic E-state index is -0.537. The van der Waals surface area contributed by atoms with Crippen LogP contribution in [0.1, 0.15) is 36.6 Å². The summed E-state index contributed by atoms with van der Waals surface area (Å²) in [5.41, 5.74) is 2.28. The molecule has 0 radical (unpaired) electrons. The van der Waals surface area contributed by atoms with Gasteiger partial charge in [-0.1, -0.05) is 23.4 Å². The molecule has 0 amide bonds. The molecular formula is C20H21FN2O2S. The number of aromatic nitrogens is 1. The van der Waals surface area contributed by atoms with Crippen LogP contribution >= 0.6 is 12.6 Å². The maximum Gasteiger partial charge on any atom is 0.157 e. The second-order valence-corrected chi connectivity index (χ2v) is 7.64. The zero-order chi connectivity index (χ0) is 18.1. The van der Waals surface area contributed by atoms with Crippen molar-refractivity contribution in [2.24, 2.45) is 5.92 Å². The molecule has 2 aliphatic rings. The SMILES string of the molecule is O=C(C1CC1)C(c1ccccc1F)N1CCC(S)/C(=C\c2ccon2)C1. The highest BCUT2D eigenvalue weighted by Crippen LogP contribution is 2.39. The van der Waals surface area contributed by atoms with E-state index in [9.17, 15) is 9.18 Å². The van der Waals surface area contributed by atoms with Crippen molar-refractivity contribution in [3.8, 4) is 0 Å². The first-order valence-electron chi connectivity index (χ1n) is 8.94. The molecule has 2 aromatic rings. The summed E-state index contributed by atoms with van der Waals surface area (Å²) in [4.78, 5) is 15.1. The Morgan fingerprint density at radius 2 is 2.12 bits per heavy atom. The van der Waals surface area contributed by atoms with Crippen LogP contribution in [-0.4, -0.2) is 34.2 Å². The highest BCUT2D eigenvalue weighted by atomic mass is 32.1. The van der Waals surface area contributed by atoms with E-state index in [0.717, 1.165) is 30.5 Å². The topological polar surface area (TPSA) is 46.3 Å². The number of likely N-dealkylation sites (tertiary alicyclic amines) is 1. The monoisotopic (exact) mass is 372 g/mol. The van der Waals surface area contributed by atoms with E-state index in [1.807, 2.05) is 6.08 Å². The second kappa shape index (κ2) is 7.37. The average molecular weight is 372 g/mol. The van der Waals surface area contributed by atoms with Crippen molar-refractivity contribution < 1.29 is 13.7 Å². The molecule has 26 heavy (non-hydrogen) atoms. The lowest BCUT2D eigenvalue weighted by Gasteiger charge is -2.37. The third-order valence-corrected chi connectivity index (χ3v) is 5.70. The first kappa shape index (κ1) is 17.5. The number of nitrogens with zero attached hydrogens (tertiary/aromatic N) is 2. The zero-order valence-electron chi connectivity index (χ0n) is 14.3. The van der Waals surface area contributed by atoms with Gasteiger partial charge in [0.25, 0.3) is 0 Å². The van der Waals surface area contributed by atoms with Crippen molar-refractivity contribution in [3.63, 3.8) is 0 Å². The fraction of sp³-hybridized carbons (Fsp3) is 0.400. The van der Waals surface area contributed by atoms with Gasteiger partial charge in [0.2, 0.25) is 0 Å². The summed E-state index contributed by atoms with van der Waals surface area (Å²) in [6.07, 6.45) is 6.10. The molecule has 4 nitrogen and oxygen atoms in total. The summed E-state index contributed by atoms with van der Waals surface area (Å²) in [7, 11) is 0. The maximum absolute atomic E-state index is 14.5. The van der Waals surface area contributed by atoms with E-state index in [2.05, 4.69) is 22.7 Å². The summed E-state index contributed by atoms with van der Waals surface area (Å²) < 4.78 is 19.4. The van der Waals surface area contributed by atoms with E-state index in [1.54, 1.807) is 24.3 Å². The van der Waals surface area contributed by atoms with Crippen molar-refractivity contribution in [3.05, 3.63) is 59.2 Å². The van der Waals surface area contributed by atoms with Gasteiger partial charge in [-0.3, -0.25) is 9.69 Å². The number of carbonyl (C=O) groups is 1. The largest absolute Gasteiger partial charge is 0.364 e. The number of rotatable bonds is 5. The normalized spacial score (nSPS) is 23.9. The Morgan fingerprint density at radius 1 is 1.31 bits per heavy atom. The van der Waals surface area contributed by atoms with Crippen molar-refractivity contribution in [1.29, 1.82) is 0 Å². The number of hydrogen-bond donors (Lipinski definition) is 1. The molecule has 136 valence electrons. The molecule has 1 saturated carbocycles. The van der Waals surface area contributed by atoms with E-state index >= 15 is 0 Å². The molecule has 0 N–H and O–H groups in total. The van der Waals surface area contributed by atoms with Crippen molar-refractivity contribution in [2.75, 3.05) is 13.1 Å². The lowest BCUT2D eigenvalue weighted by Crippen LogP contribution is -2.42. The molecule has 2 fully saturated rings. The predicted octanol–water partition coefficient (Wildman–Crippen LogP) is 3.92. The van der Waals surface area contributed by atoms with Crippen LogP contribution in [0.15, 0.2) is 46.7 Å². The van der Waals surface area contributed by atoms with Gasteiger partial charge in [0.1, 0.15) is 17.8 Å². The van der Waals surface area contributed by atoms with Gasteiger partial charge < -0.3 is 4.52 Å². The number of thiol groups is 1. The molecule has 2 atom stereocenters. The van der Waals surface area contributed by atoms with Gasteiger partial charge in [-0.2, -0.15) is 12.6 Å². The number of benzene rings is 1. The molecule has 1 aliphatic heterocycles. The standard InChI is InChI=1S/C20H21FN2O2S/c21-17-4-2-1-3-16(17)19(20(24)13-5-6-13)23-9-7-18(26)14(12-23)11-15-8-10-25-22-15/h1-4,8,10-11,13,18-19,26H,5-7,9,12H2/b14-11-. The van der Waals surface area contributed by atoms with Crippen LogP contribution in [0.3, 0.4) is 0 Å². The third kappa shape index (κ3) is 3.62. The number of ketones is 1. The Balaban J connectivity index is 1.65. The van der Waals surface area contributed by atoms with E-state index in [0.29, 0.717) is 18.7 Å². The van der Waals surface area contributed by atoms with Crippen LogP contribution in [0.25, 0.3) is 6.08 Å². The molecule has 1 aliphatic carbocycles. The molecule has 0 bridgehead atoms. The Bertz CT molecular complexity index is 817. The molecule has 0 spiro atoms. The summed E-state index contributed by atoms with van der Waals surface area (Å²) >= 11 is 4.68. The summed E-state index contributed by atoms with van der Waals surface area (Å²) in [5.74, 6) is -0.119. The number of Topliss-reactive ketones (excluding diaryl/α,β-unsaturated/α-hetero) is 1. The molecule has 1 saturated heterocycles. The van der Waals surface area contributed by atoms with E-state index in [-0.39, 0.29) is 22.8 Å². The van der Waals surface area contributed by atoms with Crippen molar-refractivity contribution in [1.82, 2.24) is 10.1 Å². The predicted molar refractivity (Wildman–Crippen MR) is 100 cm³/mol. The summed E-state index contributed by atoms with van der Waals surface area (Å²) in [6, 6.07) is 7.87. The smallest absolute Gasteiger partial charge is 0.157 e. The lowest BCUT2D eigenvalue weighted by atomic mass is 9.93. The lowest BCUT2D eigenvalue weighted by molar-refractivity contribution is -0.126. The van der Waals surface area contributed by atoms with Crippen LogP contribution in [0.5, 0.6) is 0 Å². The van der Waals surface area contributed by atoms with Gasteiger partial charge >= 0.3 is 0 Å². The summed E-state index contributed by atoms with van der Waals surface area (Å²) in [6.45, 7) is 1.28. The van der Waals surface area contributed by atoms with Crippen LogP contribution in [0.2, 0.25) is 0 Å². The minimum absolute atomic E-state index is 0.0660. The molecule has 1 aromatic heterocycles. The average Bonchev–Trinajstić information content (AvgIpc) is 3.37. The van der Waals surface area contributed by atoms with Gasteiger partial charge in [0.15, 0.2) is 5.78 Å². The molecule has 4 rings (SSSR count). The Labute approximate surface area is 157 Å². The van der Waals surface area contributed by atoms with Gasteiger partial charge in [-0.05, 0) is 37.0 Å². The number of halogens is 1. The Morgan fingerprint density at radius 3 is 2.81 bits per heavy atom. The number of carbonyl (C=O) groups excluding carboxylic acids is 1. The summed E-state index contributed by atoms with van der Waals surface area (Å²) in [5, 5.41) is 4.03. The third-order valence-electron chi connectivity index (χ3n) is 5.11. The van der Waals surface area contributed by atoms with Gasteiger partial charge in [0.05, 0.1) is 6.04 Å². The van der Waals surface area contributed by atoms with Crippen LogP contribution in [0, 0.1) is 11.7 Å². The zero-order valence-corrected chi connectivity index (χ0v) is 15.2. The van der Waals surface area contributed by atoms with E-state index < -0.39 is 6.04 Å². The van der Waals surface area contributed by atoms with Gasteiger partial charge in [-0.15, -0.1) is 0 Å². The molecular weight excluding hydrogens is 351 g/mol. The fourth-order valence-electron chi connectivity index (χ4n) is 3.56. The minimum Gasteiger partial charge on any atom is -0.364 e. The maximum atomic E-state index is 14.5. The molecule has 2 unspecified atom stereocenters. The molecule has 6 heteroatoms. The van der Waals surface area contributed by atoms with E-state index in [1.165, 1.54) is 12.3 Å².